The fraction of sp³-hybridized carbons (Fsp3) is 0.308. The third-order valence-corrected chi connectivity index (χ3v) is 2.66. The highest BCUT2D eigenvalue weighted by Crippen LogP contribution is 2.24. The van der Waals surface area contributed by atoms with Crippen molar-refractivity contribution in [1.29, 1.82) is 0 Å². The van der Waals surface area contributed by atoms with E-state index in [0.29, 0.717) is 13.1 Å². The molecule has 2 aromatic rings. The van der Waals surface area contributed by atoms with Crippen LogP contribution in [0.2, 0.25) is 0 Å². The number of methoxy groups -OCH3 is 2. The monoisotopic (exact) mass is 247 g/mol. The van der Waals surface area contributed by atoms with Gasteiger partial charge in [-0.15, -0.1) is 0 Å². The number of nitrogens with one attached hydrogen (secondary N) is 2. The number of hydrogen-bond donors (Lipinski definition) is 2. The van der Waals surface area contributed by atoms with Gasteiger partial charge in [-0.05, 0) is 6.07 Å². The molecule has 2 rings (SSSR count). The molecule has 1 aromatic heterocycles. The molecule has 5 nitrogen and oxygen atoms in total. The van der Waals surface area contributed by atoms with E-state index < -0.39 is 0 Å². The lowest BCUT2D eigenvalue weighted by molar-refractivity contribution is 0.389. The number of H-pyrrole nitrogens is 1. The minimum absolute atomic E-state index is 0.697. The molecule has 0 aliphatic heterocycles. The van der Waals surface area contributed by atoms with Gasteiger partial charge in [0.1, 0.15) is 17.3 Å². The molecule has 2 N–H and O–H groups in total. The molecule has 5 heteroatoms. The van der Waals surface area contributed by atoms with Crippen molar-refractivity contribution in [2.75, 3.05) is 14.2 Å². The Bertz CT molecular complexity index is 483. The summed E-state index contributed by atoms with van der Waals surface area (Å²) in [7, 11) is 3.30. The molecule has 0 amide bonds. The Hall–Kier alpha value is -2.01. The third-order valence-electron chi connectivity index (χ3n) is 2.66. The minimum atomic E-state index is 0.697. The van der Waals surface area contributed by atoms with E-state index in [0.717, 1.165) is 22.9 Å². The fourth-order valence-electron chi connectivity index (χ4n) is 1.71. The SMILES string of the molecule is COc1ccc(CNCc2ncc[nH]2)c(OC)c1. The third kappa shape index (κ3) is 3.01. The van der Waals surface area contributed by atoms with Crippen molar-refractivity contribution in [1.82, 2.24) is 15.3 Å². The highest BCUT2D eigenvalue weighted by molar-refractivity contribution is 5.40. The predicted octanol–water partition coefficient (Wildman–Crippen LogP) is 1.72. The van der Waals surface area contributed by atoms with Gasteiger partial charge < -0.3 is 19.8 Å². The van der Waals surface area contributed by atoms with Gasteiger partial charge in [0.15, 0.2) is 0 Å². The molecule has 0 saturated heterocycles. The van der Waals surface area contributed by atoms with Gasteiger partial charge in [-0.1, -0.05) is 6.07 Å². The first-order chi connectivity index (χ1) is 8.83. The summed E-state index contributed by atoms with van der Waals surface area (Å²) in [5, 5.41) is 3.30. The second-order valence-electron chi connectivity index (χ2n) is 3.82. The van der Waals surface area contributed by atoms with Crippen LogP contribution in [0.4, 0.5) is 0 Å². The van der Waals surface area contributed by atoms with Crippen LogP contribution in [0, 0.1) is 0 Å². The van der Waals surface area contributed by atoms with Crippen LogP contribution in [0.15, 0.2) is 30.6 Å². The zero-order chi connectivity index (χ0) is 12.8. The Morgan fingerprint density at radius 2 is 2.11 bits per heavy atom. The molecule has 0 fully saturated rings. The van der Waals surface area contributed by atoms with Gasteiger partial charge in [0.2, 0.25) is 0 Å². The summed E-state index contributed by atoms with van der Waals surface area (Å²) in [6.07, 6.45) is 3.55. The summed E-state index contributed by atoms with van der Waals surface area (Å²) in [5.41, 5.74) is 1.09. The van der Waals surface area contributed by atoms with Crippen molar-refractivity contribution in [3.05, 3.63) is 42.0 Å². The molecule has 0 bridgehead atoms. The standard InChI is InChI=1S/C13H17N3O2/c1-17-11-4-3-10(12(7-11)18-2)8-14-9-13-15-5-6-16-13/h3-7,14H,8-9H2,1-2H3,(H,15,16). The van der Waals surface area contributed by atoms with Gasteiger partial charge in [0, 0.05) is 30.6 Å². The molecule has 0 radical (unpaired) electrons. The average molecular weight is 247 g/mol. The largest absolute Gasteiger partial charge is 0.497 e. The highest BCUT2D eigenvalue weighted by Gasteiger charge is 2.04. The topological polar surface area (TPSA) is 59.2 Å². The molecule has 96 valence electrons. The van der Waals surface area contributed by atoms with E-state index >= 15 is 0 Å². The predicted molar refractivity (Wildman–Crippen MR) is 68.7 cm³/mol. The van der Waals surface area contributed by atoms with Gasteiger partial charge in [-0.2, -0.15) is 0 Å². The summed E-state index contributed by atoms with van der Waals surface area (Å²) in [6.45, 7) is 1.41. The van der Waals surface area contributed by atoms with Crippen LogP contribution >= 0.6 is 0 Å². The Kier molecular flexibility index (Phi) is 4.20. The molecule has 0 saturated carbocycles. The molecular weight excluding hydrogens is 230 g/mol. The minimum Gasteiger partial charge on any atom is -0.497 e. The number of aromatic amines is 1. The number of hydrogen-bond acceptors (Lipinski definition) is 4. The summed E-state index contributed by atoms with van der Waals surface area (Å²) < 4.78 is 10.5. The molecule has 0 atom stereocenters. The molecule has 1 heterocycles. The fourth-order valence-corrected chi connectivity index (χ4v) is 1.71. The summed E-state index contributed by atoms with van der Waals surface area (Å²) in [6, 6.07) is 5.79. The molecule has 1 aromatic carbocycles. The van der Waals surface area contributed by atoms with Gasteiger partial charge in [0.05, 0.1) is 20.8 Å². The lowest BCUT2D eigenvalue weighted by Gasteiger charge is -2.10. The maximum atomic E-state index is 5.33. The Balaban J connectivity index is 1.96. The molecule has 0 unspecified atom stereocenters. The second kappa shape index (κ2) is 6.07. The van der Waals surface area contributed by atoms with E-state index in [1.807, 2.05) is 24.4 Å². The molecule has 0 aliphatic rings. The number of benzene rings is 1. The van der Waals surface area contributed by atoms with Crippen molar-refractivity contribution in [2.24, 2.45) is 0 Å². The van der Waals surface area contributed by atoms with Gasteiger partial charge >= 0.3 is 0 Å². The van der Waals surface area contributed by atoms with Crippen LogP contribution in [-0.4, -0.2) is 24.2 Å². The molecule has 0 spiro atoms. The van der Waals surface area contributed by atoms with Crippen molar-refractivity contribution >= 4 is 0 Å². The molecule has 0 aliphatic carbocycles. The van der Waals surface area contributed by atoms with E-state index in [9.17, 15) is 0 Å². The van der Waals surface area contributed by atoms with Crippen LogP contribution in [0.3, 0.4) is 0 Å². The van der Waals surface area contributed by atoms with Gasteiger partial charge in [0.25, 0.3) is 0 Å². The van der Waals surface area contributed by atoms with E-state index in [4.69, 9.17) is 9.47 Å². The van der Waals surface area contributed by atoms with E-state index in [1.165, 1.54) is 0 Å². The summed E-state index contributed by atoms with van der Waals surface area (Å²) in [4.78, 5) is 7.19. The Morgan fingerprint density at radius 1 is 1.22 bits per heavy atom. The lowest BCUT2D eigenvalue weighted by atomic mass is 10.2. The van der Waals surface area contributed by atoms with Crippen LogP contribution in [0.5, 0.6) is 11.5 Å². The van der Waals surface area contributed by atoms with Crippen LogP contribution in [0.1, 0.15) is 11.4 Å². The van der Waals surface area contributed by atoms with Crippen LogP contribution in [0.25, 0.3) is 0 Å². The number of imidazole rings is 1. The maximum absolute atomic E-state index is 5.33. The van der Waals surface area contributed by atoms with Crippen molar-refractivity contribution in [3.63, 3.8) is 0 Å². The lowest BCUT2D eigenvalue weighted by Crippen LogP contribution is -2.14. The van der Waals surface area contributed by atoms with Crippen molar-refractivity contribution < 1.29 is 9.47 Å². The average Bonchev–Trinajstić information content (AvgIpc) is 2.92. The van der Waals surface area contributed by atoms with Crippen LogP contribution < -0.4 is 14.8 Å². The van der Waals surface area contributed by atoms with Gasteiger partial charge in [-0.3, -0.25) is 0 Å². The molecule has 18 heavy (non-hydrogen) atoms. The number of rotatable bonds is 6. The number of aromatic nitrogens is 2. The smallest absolute Gasteiger partial charge is 0.127 e. The highest BCUT2D eigenvalue weighted by atomic mass is 16.5. The first-order valence-electron chi connectivity index (χ1n) is 5.73. The maximum Gasteiger partial charge on any atom is 0.127 e. The van der Waals surface area contributed by atoms with Crippen LogP contribution in [-0.2, 0) is 13.1 Å². The zero-order valence-electron chi connectivity index (χ0n) is 10.6. The number of nitrogens with zero attached hydrogens (tertiary/aromatic N) is 1. The van der Waals surface area contributed by atoms with Gasteiger partial charge in [-0.25, -0.2) is 4.98 Å². The summed E-state index contributed by atoms with van der Waals surface area (Å²) in [5.74, 6) is 2.53. The van der Waals surface area contributed by atoms with E-state index in [2.05, 4.69) is 15.3 Å². The summed E-state index contributed by atoms with van der Waals surface area (Å²) >= 11 is 0. The second-order valence-corrected chi connectivity index (χ2v) is 3.82. The first-order valence-corrected chi connectivity index (χ1v) is 5.73. The van der Waals surface area contributed by atoms with Crippen molar-refractivity contribution in [3.8, 4) is 11.5 Å². The Morgan fingerprint density at radius 3 is 2.78 bits per heavy atom. The normalized spacial score (nSPS) is 10.3. The quantitative estimate of drug-likeness (QED) is 0.816. The number of ether oxygens (including phenoxy) is 2. The van der Waals surface area contributed by atoms with E-state index in [1.54, 1.807) is 20.4 Å². The molecular formula is C13H17N3O2. The Labute approximate surface area is 106 Å². The van der Waals surface area contributed by atoms with E-state index in [-0.39, 0.29) is 0 Å². The van der Waals surface area contributed by atoms with Crippen molar-refractivity contribution in [2.45, 2.75) is 13.1 Å². The first kappa shape index (κ1) is 12.4. The zero-order valence-corrected chi connectivity index (χ0v) is 10.6.